The fourth-order valence-electron chi connectivity index (χ4n) is 1.88. The number of methoxy groups -OCH3 is 1. The summed E-state index contributed by atoms with van der Waals surface area (Å²) in [6.07, 6.45) is 0. The van der Waals surface area contributed by atoms with Gasteiger partial charge >= 0.3 is 5.69 Å². The number of rotatable bonds is 7. The molecule has 20 heavy (non-hydrogen) atoms. The first kappa shape index (κ1) is 16.6. The number of hydrogen-bond donors (Lipinski definition) is 0. The Labute approximate surface area is 123 Å². The lowest BCUT2D eigenvalue weighted by Crippen LogP contribution is -2.32. The summed E-state index contributed by atoms with van der Waals surface area (Å²) in [5.41, 5.74) is 0.155. The van der Waals surface area contributed by atoms with Crippen LogP contribution in [0.1, 0.15) is 19.5 Å². The smallest absolute Gasteiger partial charge is 0.332 e. The first-order valence-electron chi connectivity index (χ1n) is 6.29. The van der Waals surface area contributed by atoms with Crippen LogP contribution in [0.2, 0.25) is 5.28 Å². The van der Waals surface area contributed by atoms with Gasteiger partial charge in [0.2, 0.25) is 11.1 Å². The lowest BCUT2D eigenvalue weighted by Gasteiger charge is -2.25. The summed E-state index contributed by atoms with van der Waals surface area (Å²) in [4.78, 5) is 20.5. The molecule has 7 nitrogen and oxygen atoms in total. The molecule has 0 aliphatic rings. The van der Waals surface area contributed by atoms with Crippen molar-refractivity contribution in [2.75, 3.05) is 31.7 Å². The number of halogens is 1. The molecular weight excluding hydrogens is 284 g/mol. The molecule has 0 aromatic carbocycles. The molecule has 1 aromatic rings. The van der Waals surface area contributed by atoms with Gasteiger partial charge in [-0.05, 0) is 24.4 Å². The van der Waals surface area contributed by atoms with E-state index in [0.29, 0.717) is 25.6 Å². The summed E-state index contributed by atoms with van der Waals surface area (Å²) in [6.45, 7) is 7.19. The molecule has 0 bridgehead atoms. The summed E-state index contributed by atoms with van der Waals surface area (Å²) in [7, 11) is 1.58. The Morgan fingerprint density at radius 3 is 2.60 bits per heavy atom. The summed E-state index contributed by atoms with van der Waals surface area (Å²) in [5.74, 6) is 0.568. The van der Waals surface area contributed by atoms with Crippen molar-refractivity contribution in [3.8, 4) is 0 Å². The summed E-state index contributed by atoms with van der Waals surface area (Å²) < 4.78 is 5.05. The molecule has 1 aromatic heterocycles. The predicted molar refractivity (Wildman–Crippen MR) is 77.4 cm³/mol. The van der Waals surface area contributed by atoms with E-state index in [1.807, 2.05) is 18.7 Å². The second-order valence-electron chi connectivity index (χ2n) is 4.84. The van der Waals surface area contributed by atoms with Gasteiger partial charge < -0.3 is 9.64 Å². The van der Waals surface area contributed by atoms with E-state index in [1.54, 1.807) is 14.0 Å². The van der Waals surface area contributed by atoms with E-state index in [4.69, 9.17) is 16.3 Å². The van der Waals surface area contributed by atoms with E-state index in [9.17, 15) is 10.1 Å². The maximum atomic E-state index is 11.2. The normalized spacial score (nSPS) is 10.9. The molecule has 0 unspecified atom stereocenters. The molecule has 0 atom stereocenters. The minimum Gasteiger partial charge on any atom is -0.383 e. The van der Waals surface area contributed by atoms with Crippen molar-refractivity contribution >= 4 is 23.1 Å². The minimum atomic E-state index is -0.471. The second kappa shape index (κ2) is 7.35. The van der Waals surface area contributed by atoms with Gasteiger partial charge in [-0.25, -0.2) is 4.98 Å². The number of aromatic nitrogens is 2. The van der Waals surface area contributed by atoms with Crippen LogP contribution in [-0.4, -0.2) is 41.7 Å². The Morgan fingerprint density at radius 1 is 1.45 bits per heavy atom. The maximum Gasteiger partial charge on any atom is 0.332 e. The molecule has 0 radical (unpaired) electrons. The highest BCUT2D eigenvalue weighted by Gasteiger charge is 2.26. The molecule has 0 N–H and O–H groups in total. The van der Waals surface area contributed by atoms with Gasteiger partial charge in [-0.2, -0.15) is 4.98 Å². The van der Waals surface area contributed by atoms with Crippen molar-refractivity contribution in [2.45, 2.75) is 20.8 Å². The van der Waals surface area contributed by atoms with Crippen LogP contribution in [0, 0.1) is 23.0 Å². The molecule has 8 heteroatoms. The third kappa shape index (κ3) is 4.28. The van der Waals surface area contributed by atoms with Gasteiger partial charge in [0, 0.05) is 20.2 Å². The Bertz CT molecular complexity index is 482. The largest absolute Gasteiger partial charge is 0.383 e. The van der Waals surface area contributed by atoms with Gasteiger partial charge in [0.1, 0.15) is 5.69 Å². The van der Waals surface area contributed by atoms with Crippen LogP contribution >= 0.6 is 11.6 Å². The van der Waals surface area contributed by atoms with E-state index in [0.717, 1.165) is 0 Å². The number of nitrogens with zero attached hydrogens (tertiary/aromatic N) is 4. The van der Waals surface area contributed by atoms with Gasteiger partial charge in [-0.15, -0.1) is 0 Å². The van der Waals surface area contributed by atoms with Gasteiger partial charge in [0.25, 0.3) is 0 Å². The molecular formula is C12H19ClN4O3. The van der Waals surface area contributed by atoms with Crippen molar-refractivity contribution in [1.29, 1.82) is 0 Å². The third-order valence-electron chi connectivity index (χ3n) is 2.65. The zero-order valence-corrected chi connectivity index (χ0v) is 12.8. The van der Waals surface area contributed by atoms with Crippen molar-refractivity contribution in [1.82, 2.24) is 9.97 Å². The van der Waals surface area contributed by atoms with Gasteiger partial charge in [0.15, 0.2) is 0 Å². The van der Waals surface area contributed by atoms with Gasteiger partial charge in [0.05, 0.1) is 11.5 Å². The number of hydrogen-bond acceptors (Lipinski definition) is 6. The van der Waals surface area contributed by atoms with Crippen LogP contribution in [-0.2, 0) is 4.74 Å². The van der Waals surface area contributed by atoms with Crippen LogP contribution in [0.25, 0.3) is 0 Å². The lowest BCUT2D eigenvalue weighted by molar-refractivity contribution is -0.385. The Kier molecular flexibility index (Phi) is 6.09. The van der Waals surface area contributed by atoms with E-state index in [1.165, 1.54) is 0 Å². The maximum absolute atomic E-state index is 11.2. The van der Waals surface area contributed by atoms with Crippen LogP contribution in [0.3, 0.4) is 0 Å². The molecule has 0 saturated heterocycles. The third-order valence-corrected chi connectivity index (χ3v) is 2.81. The molecule has 0 amide bonds. The standard InChI is InChI=1S/C12H19ClN4O3/c1-8(2)7-16(5-6-20-4)11-10(17(18)19)9(3)14-12(13)15-11/h8H,5-7H2,1-4H3. The molecule has 0 aliphatic carbocycles. The highest BCUT2D eigenvalue weighted by atomic mass is 35.5. The molecule has 0 aliphatic heterocycles. The quantitative estimate of drug-likeness (QED) is 0.437. The van der Waals surface area contributed by atoms with E-state index in [-0.39, 0.29) is 22.5 Å². The average molecular weight is 303 g/mol. The van der Waals surface area contributed by atoms with Gasteiger partial charge in [-0.3, -0.25) is 10.1 Å². The number of nitro groups is 1. The highest BCUT2D eigenvalue weighted by molar-refractivity contribution is 6.28. The Hall–Kier alpha value is -1.47. The SMILES string of the molecule is COCCN(CC(C)C)c1nc(Cl)nc(C)c1[N+](=O)[O-]. The van der Waals surface area contributed by atoms with E-state index in [2.05, 4.69) is 9.97 Å². The summed E-state index contributed by atoms with van der Waals surface area (Å²) in [6, 6.07) is 0. The van der Waals surface area contributed by atoms with Crippen molar-refractivity contribution in [3.63, 3.8) is 0 Å². The zero-order valence-electron chi connectivity index (χ0n) is 12.1. The topological polar surface area (TPSA) is 81.4 Å². The number of anilines is 1. The summed E-state index contributed by atoms with van der Waals surface area (Å²) in [5, 5.41) is 11.3. The highest BCUT2D eigenvalue weighted by Crippen LogP contribution is 2.30. The van der Waals surface area contributed by atoms with Crippen LogP contribution in [0.4, 0.5) is 11.5 Å². The van der Waals surface area contributed by atoms with Gasteiger partial charge in [-0.1, -0.05) is 13.8 Å². The van der Waals surface area contributed by atoms with Crippen molar-refractivity contribution < 1.29 is 9.66 Å². The molecule has 0 saturated carbocycles. The fourth-order valence-corrected chi connectivity index (χ4v) is 2.09. The fraction of sp³-hybridized carbons (Fsp3) is 0.667. The molecule has 1 rings (SSSR count). The molecule has 0 fully saturated rings. The van der Waals surface area contributed by atoms with E-state index >= 15 is 0 Å². The number of ether oxygens (including phenoxy) is 1. The zero-order chi connectivity index (χ0) is 15.3. The van der Waals surface area contributed by atoms with Crippen molar-refractivity contribution in [3.05, 3.63) is 21.1 Å². The van der Waals surface area contributed by atoms with Crippen LogP contribution in [0.5, 0.6) is 0 Å². The number of aryl methyl sites for hydroxylation is 1. The lowest BCUT2D eigenvalue weighted by atomic mass is 10.2. The Balaban J connectivity index is 3.25. The monoisotopic (exact) mass is 302 g/mol. The minimum absolute atomic E-state index is 0.00859. The average Bonchev–Trinajstić information content (AvgIpc) is 2.32. The van der Waals surface area contributed by atoms with Crippen LogP contribution < -0.4 is 4.90 Å². The van der Waals surface area contributed by atoms with E-state index < -0.39 is 4.92 Å². The van der Waals surface area contributed by atoms with Crippen LogP contribution in [0.15, 0.2) is 0 Å². The molecule has 0 spiro atoms. The Morgan fingerprint density at radius 2 is 2.10 bits per heavy atom. The first-order chi connectivity index (χ1) is 9.36. The summed E-state index contributed by atoms with van der Waals surface area (Å²) >= 11 is 5.84. The van der Waals surface area contributed by atoms with Crippen molar-refractivity contribution in [2.24, 2.45) is 5.92 Å². The first-order valence-corrected chi connectivity index (χ1v) is 6.67. The predicted octanol–water partition coefficient (Wildman–Crippen LogP) is 2.46. The molecule has 112 valence electrons. The second-order valence-corrected chi connectivity index (χ2v) is 5.18. The molecule has 1 heterocycles.